The highest BCUT2D eigenvalue weighted by atomic mass is 16.5. The summed E-state index contributed by atoms with van der Waals surface area (Å²) in [5, 5.41) is 16.1. The Morgan fingerprint density at radius 2 is 2.04 bits per heavy atom. The van der Waals surface area contributed by atoms with E-state index in [1.165, 1.54) is 0 Å². The Balaban J connectivity index is 1.62. The van der Waals surface area contributed by atoms with Crippen LogP contribution < -0.4 is 15.4 Å². The van der Waals surface area contributed by atoms with Gasteiger partial charge in [-0.25, -0.2) is 0 Å². The summed E-state index contributed by atoms with van der Waals surface area (Å²) in [6.45, 7) is 6.85. The highest BCUT2D eigenvalue weighted by molar-refractivity contribution is 5.89. The van der Waals surface area contributed by atoms with Crippen molar-refractivity contribution in [2.24, 2.45) is 11.8 Å². The number of nitrogens with one attached hydrogen (secondary N) is 2. The van der Waals surface area contributed by atoms with Gasteiger partial charge in [0.1, 0.15) is 5.75 Å². The molecule has 0 bridgehead atoms. The summed E-state index contributed by atoms with van der Waals surface area (Å²) < 4.78 is 5.74. The van der Waals surface area contributed by atoms with Crippen LogP contribution >= 0.6 is 0 Å². The van der Waals surface area contributed by atoms with E-state index in [1.807, 2.05) is 24.3 Å². The van der Waals surface area contributed by atoms with Gasteiger partial charge in [-0.3, -0.25) is 4.79 Å². The summed E-state index contributed by atoms with van der Waals surface area (Å²) in [6.07, 6.45) is 2.48. The molecule has 1 saturated carbocycles. The summed E-state index contributed by atoms with van der Waals surface area (Å²) in [5.41, 5.74) is 0.659. The van der Waals surface area contributed by atoms with E-state index in [4.69, 9.17) is 4.74 Å². The number of benzene rings is 1. The lowest BCUT2D eigenvalue weighted by molar-refractivity contribution is -0.130. The van der Waals surface area contributed by atoms with Gasteiger partial charge in [-0.1, -0.05) is 32.4 Å². The number of hydrogen-bond donors (Lipinski definition) is 3. The van der Waals surface area contributed by atoms with E-state index in [9.17, 15) is 9.90 Å². The molecule has 3 rings (SSSR count). The van der Waals surface area contributed by atoms with Crippen LogP contribution in [0.2, 0.25) is 0 Å². The minimum absolute atomic E-state index is 0.0914. The molecule has 5 nitrogen and oxygen atoms in total. The molecule has 138 valence electrons. The zero-order valence-corrected chi connectivity index (χ0v) is 15.3. The summed E-state index contributed by atoms with van der Waals surface area (Å²) in [7, 11) is 0. The number of aliphatic hydroxyl groups excluding tert-OH is 1. The van der Waals surface area contributed by atoms with Gasteiger partial charge in [0.15, 0.2) is 0 Å². The van der Waals surface area contributed by atoms with Gasteiger partial charge in [-0.15, -0.1) is 0 Å². The maximum absolute atomic E-state index is 12.9. The van der Waals surface area contributed by atoms with Gasteiger partial charge in [0, 0.05) is 25.6 Å². The Kier molecular flexibility index (Phi) is 5.64. The fourth-order valence-electron chi connectivity index (χ4n) is 3.63. The number of hydrogen-bond acceptors (Lipinski definition) is 4. The van der Waals surface area contributed by atoms with Gasteiger partial charge < -0.3 is 20.5 Å². The third kappa shape index (κ3) is 3.98. The predicted octanol–water partition coefficient (Wildman–Crippen LogP) is 1.84. The zero-order valence-electron chi connectivity index (χ0n) is 15.3. The molecule has 2 aliphatic rings. The highest BCUT2D eigenvalue weighted by Crippen LogP contribution is 2.44. The Morgan fingerprint density at radius 1 is 1.32 bits per heavy atom. The molecular formula is C20H30N2O3. The Bertz CT molecular complexity index is 581. The first-order valence-corrected chi connectivity index (χ1v) is 9.42. The summed E-state index contributed by atoms with van der Waals surface area (Å²) in [4.78, 5) is 12.9. The fraction of sp³-hybridized carbons (Fsp3) is 0.650. The van der Waals surface area contributed by atoms with Crippen molar-refractivity contribution < 1.29 is 14.6 Å². The van der Waals surface area contributed by atoms with Crippen LogP contribution in [0.4, 0.5) is 0 Å². The maximum atomic E-state index is 12.9. The maximum Gasteiger partial charge on any atom is 0.230 e. The lowest BCUT2D eigenvalue weighted by atomic mass is 9.63. The van der Waals surface area contributed by atoms with E-state index < -0.39 is 5.41 Å². The van der Waals surface area contributed by atoms with Gasteiger partial charge >= 0.3 is 0 Å². The molecule has 25 heavy (non-hydrogen) atoms. The largest absolute Gasteiger partial charge is 0.493 e. The van der Waals surface area contributed by atoms with E-state index in [2.05, 4.69) is 24.5 Å². The molecule has 2 unspecified atom stereocenters. The molecule has 0 aromatic heterocycles. The third-order valence-corrected chi connectivity index (χ3v) is 5.46. The summed E-state index contributed by atoms with van der Waals surface area (Å²) >= 11 is 0. The van der Waals surface area contributed by atoms with Crippen molar-refractivity contribution in [1.82, 2.24) is 10.6 Å². The second kappa shape index (κ2) is 7.75. The van der Waals surface area contributed by atoms with Gasteiger partial charge in [-0.2, -0.15) is 0 Å². The third-order valence-electron chi connectivity index (χ3n) is 5.46. The van der Waals surface area contributed by atoms with Crippen LogP contribution in [0.25, 0.3) is 0 Å². The fourth-order valence-corrected chi connectivity index (χ4v) is 3.63. The molecule has 2 atom stereocenters. The molecule has 1 heterocycles. The lowest BCUT2D eigenvalue weighted by Crippen LogP contribution is -2.50. The van der Waals surface area contributed by atoms with Crippen molar-refractivity contribution in [1.29, 1.82) is 0 Å². The number of aliphatic hydroxyl groups is 1. The Labute approximate surface area is 150 Å². The quantitative estimate of drug-likeness (QED) is 0.705. The highest BCUT2D eigenvalue weighted by Gasteiger charge is 2.45. The first-order valence-electron chi connectivity index (χ1n) is 9.42. The minimum atomic E-state index is -0.409. The van der Waals surface area contributed by atoms with Gasteiger partial charge in [0.2, 0.25) is 5.91 Å². The van der Waals surface area contributed by atoms with Crippen LogP contribution in [0.5, 0.6) is 5.75 Å². The number of carbonyl (C=O) groups excluding carboxylic acids is 1. The average Bonchev–Trinajstić information content (AvgIpc) is 2.96. The van der Waals surface area contributed by atoms with Crippen LogP contribution in [-0.4, -0.2) is 43.4 Å². The molecule has 1 aliphatic heterocycles. The van der Waals surface area contributed by atoms with Gasteiger partial charge in [0.25, 0.3) is 0 Å². The molecule has 1 aromatic rings. The van der Waals surface area contributed by atoms with Crippen LogP contribution in [0.1, 0.15) is 38.7 Å². The molecule has 1 amide bonds. The number of carbonyl (C=O) groups is 1. The van der Waals surface area contributed by atoms with Crippen molar-refractivity contribution in [3.8, 4) is 5.75 Å². The average molecular weight is 346 g/mol. The molecule has 1 aliphatic carbocycles. The molecule has 3 N–H and O–H groups in total. The SMILES string of the molecule is CC(C)COc1ccc(C2(C(=O)NCC3CNCC3O)CCC2)cc1. The van der Waals surface area contributed by atoms with E-state index in [1.54, 1.807) is 0 Å². The Hall–Kier alpha value is -1.59. The second-order valence-electron chi connectivity index (χ2n) is 7.86. The molecule has 2 fully saturated rings. The standard InChI is InChI=1S/C20H30N2O3/c1-14(2)13-25-17-6-4-16(5-7-17)20(8-3-9-20)19(24)22-11-15-10-21-12-18(15)23/h4-7,14-15,18,21,23H,3,8-13H2,1-2H3,(H,22,24). The number of β-amino-alcohol motifs (C(OH)–C–C–N with tert-alkyl or cyclic N) is 1. The molecule has 0 spiro atoms. The molecule has 5 heteroatoms. The normalized spacial score (nSPS) is 24.8. The van der Waals surface area contributed by atoms with Crippen molar-refractivity contribution >= 4 is 5.91 Å². The smallest absolute Gasteiger partial charge is 0.230 e. The lowest BCUT2D eigenvalue weighted by Gasteiger charge is -2.41. The minimum Gasteiger partial charge on any atom is -0.493 e. The number of rotatable bonds is 7. The topological polar surface area (TPSA) is 70.6 Å². The van der Waals surface area contributed by atoms with Crippen molar-refractivity contribution in [3.63, 3.8) is 0 Å². The van der Waals surface area contributed by atoms with Gasteiger partial charge in [0.05, 0.1) is 18.1 Å². The first-order chi connectivity index (χ1) is 12.0. The second-order valence-corrected chi connectivity index (χ2v) is 7.86. The van der Waals surface area contributed by atoms with Crippen LogP contribution in [-0.2, 0) is 10.2 Å². The van der Waals surface area contributed by atoms with Crippen molar-refractivity contribution in [2.45, 2.75) is 44.6 Å². The van der Waals surface area contributed by atoms with E-state index in [0.717, 1.165) is 37.1 Å². The molecule has 0 radical (unpaired) electrons. The number of ether oxygens (including phenoxy) is 1. The molecule has 1 aromatic carbocycles. The first kappa shape index (κ1) is 18.2. The summed E-state index contributed by atoms with van der Waals surface area (Å²) in [6, 6.07) is 7.99. The van der Waals surface area contributed by atoms with E-state index >= 15 is 0 Å². The molecular weight excluding hydrogens is 316 g/mol. The van der Waals surface area contributed by atoms with Crippen LogP contribution in [0.15, 0.2) is 24.3 Å². The van der Waals surface area contributed by atoms with E-state index in [0.29, 0.717) is 25.6 Å². The Morgan fingerprint density at radius 3 is 2.56 bits per heavy atom. The van der Waals surface area contributed by atoms with Gasteiger partial charge in [-0.05, 0) is 36.5 Å². The zero-order chi connectivity index (χ0) is 17.9. The number of amides is 1. The molecule has 1 saturated heterocycles. The van der Waals surface area contributed by atoms with Crippen LogP contribution in [0, 0.1) is 11.8 Å². The van der Waals surface area contributed by atoms with Crippen LogP contribution in [0.3, 0.4) is 0 Å². The predicted molar refractivity (Wildman–Crippen MR) is 97.7 cm³/mol. The van der Waals surface area contributed by atoms with Crippen molar-refractivity contribution in [2.75, 3.05) is 26.2 Å². The monoisotopic (exact) mass is 346 g/mol. The summed E-state index contributed by atoms with van der Waals surface area (Å²) in [5.74, 6) is 1.54. The van der Waals surface area contributed by atoms with E-state index in [-0.39, 0.29) is 17.9 Å². The van der Waals surface area contributed by atoms with Crippen molar-refractivity contribution in [3.05, 3.63) is 29.8 Å².